The number of carbonyl (C=O) groups excluding carboxylic acids is 1. The first-order valence-electron chi connectivity index (χ1n) is 9.37. The van der Waals surface area contributed by atoms with Gasteiger partial charge in [0.25, 0.3) is 0 Å². The first-order chi connectivity index (χ1) is 14.5. The Morgan fingerprint density at radius 3 is 2.80 bits per heavy atom. The highest BCUT2D eigenvalue weighted by molar-refractivity contribution is 8.01. The lowest BCUT2D eigenvalue weighted by atomic mass is 10.1. The van der Waals surface area contributed by atoms with Gasteiger partial charge in [-0.3, -0.25) is 4.79 Å². The molecule has 2 aromatic carbocycles. The summed E-state index contributed by atoms with van der Waals surface area (Å²) in [5.41, 5.74) is 2.91. The van der Waals surface area contributed by atoms with Crippen molar-refractivity contribution in [3.05, 3.63) is 59.4 Å². The van der Waals surface area contributed by atoms with E-state index < -0.39 is 5.82 Å². The van der Waals surface area contributed by atoms with E-state index in [2.05, 4.69) is 28.5 Å². The number of amides is 1. The van der Waals surface area contributed by atoms with Crippen LogP contribution in [-0.2, 0) is 17.8 Å². The summed E-state index contributed by atoms with van der Waals surface area (Å²) in [5.74, 6) is -0.0958. The fourth-order valence-corrected chi connectivity index (χ4v) is 4.49. The molecular weight excluding hydrogens is 423 g/mol. The SMILES string of the molecule is CCc1ccccc1Nc1nnc(SCC(=O)N(C)Cc2ccc(OC)c(F)c2)s1. The number of benzene rings is 2. The minimum Gasteiger partial charge on any atom is -0.494 e. The molecule has 0 bridgehead atoms. The van der Waals surface area contributed by atoms with Crippen LogP contribution >= 0.6 is 23.1 Å². The van der Waals surface area contributed by atoms with Gasteiger partial charge < -0.3 is 15.0 Å². The van der Waals surface area contributed by atoms with E-state index in [1.54, 1.807) is 24.1 Å². The van der Waals surface area contributed by atoms with Crippen LogP contribution in [-0.4, -0.2) is 40.9 Å². The molecule has 3 aromatic rings. The third-order valence-electron chi connectivity index (χ3n) is 4.43. The molecule has 6 nitrogen and oxygen atoms in total. The van der Waals surface area contributed by atoms with Crippen LogP contribution in [0.1, 0.15) is 18.1 Å². The van der Waals surface area contributed by atoms with E-state index in [1.807, 2.05) is 18.2 Å². The lowest BCUT2D eigenvalue weighted by molar-refractivity contribution is -0.127. The molecule has 0 saturated heterocycles. The zero-order chi connectivity index (χ0) is 21.5. The Hall–Kier alpha value is -2.65. The summed E-state index contributed by atoms with van der Waals surface area (Å²) < 4.78 is 19.5. The number of anilines is 2. The zero-order valence-corrected chi connectivity index (χ0v) is 18.6. The lowest BCUT2D eigenvalue weighted by Crippen LogP contribution is -2.27. The Morgan fingerprint density at radius 2 is 2.07 bits per heavy atom. The van der Waals surface area contributed by atoms with Crippen LogP contribution in [0.15, 0.2) is 46.8 Å². The molecule has 0 spiro atoms. The quantitative estimate of drug-likeness (QED) is 0.479. The maximum absolute atomic E-state index is 13.8. The molecule has 0 aliphatic rings. The predicted octanol–water partition coefficient (Wildman–Crippen LogP) is 4.74. The second kappa shape index (κ2) is 10.4. The van der Waals surface area contributed by atoms with E-state index in [9.17, 15) is 9.18 Å². The summed E-state index contributed by atoms with van der Waals surface area (Å²) in [4.78, 5) is 14.0. The van der Waals surface area contributed by atoms with E-state index in [1.165, 1.54) is 41.8 Å². The van der Waals surface area contributed by atoms with Crippen molar-refractivity contribution in [3.63, 3.8) is 0 Å². The smallest absolute Gasteiger partial charge is 0.233 e. The highest BCUT2D eigenvalue weighted by atomic mass is 32.2. The largest absolute Gasteiger partial charge is 0.494 e. The highest BCUT2D eigenvalue weighted by Gasteiger charge is 2.14. The molecular formula is C21H23FN4O2S2. The monoisotopic (exact) mass is 446 g/mol. The van der Waals surface area contributed by atoms with Crippen molar-refractivity contribution in [2.45, 2.75) is 24.2 Å². The van der Waals surface area contributed by atoms with Crippen LogP contribution in [0.5, 0.6) is 5.75 Å². The maximum atomic E-state index is 13.8. The number of carbonyl (C=O) groups is 1. The number of halogens is 1. The molecule has 0 saturated carbocycles. The number of aryl methyl sites for hydroxylation is 1. The summed E-state index contributed by atoms with van der Waals surface area (Å²) >= 11 is 2.74. The average molecular weight is 447 g/mol. The first-order valence-corrected chi connectivity index (χ1v) is 11.2. The van der Waals surface area contributed by atoms with E-state index in [0.717, 1.165) is 12.1 Å². The van der Waals surface area contributed by atoms with Gasteiger partial charge in [-0.2, -0.15) is 0 Å². The Kier molecular flexibility index (Phi) is 7.64. The average Bonchev–Trinajstić information content (AvgIpc) is 3.19. The van der Waals surface area contributed by atoms with Gasteiger partial charge in [0, 0.05) is 19.3 Å². The number of ether oxygens (including phenoxy) is 1. The van der Waals surface area contributed by atoms with Crippen LogP contribution in [0.4, 0.5) is 15.2 Å². The van der Waals surface area contributed by atoms with Crippen molar-refractivity contribution < 1.29 is 13.9 Å². The second-order valence-corrected chi connectivity index (χ2v) is 8.72. The van der Waals surface area contributed by atoms with Crippen molar-refractivity contribution in [2.75, 3.05) is 25.2 Å². The molecule has 1 aromatic heterocycles. The van der Waals surface area contributed by atoms with Gasteiger partial charge in [-0.05, 0) is 35.7 Å². The van der Waals surface area contributed by atoms with Crippen molar-refractivity contribution in [1.29, 1.82) is 0 Å². The van der Waals surface area contributed by atoms with Crippen LogP contribution < -0.4 is 10.1 Å². The molecule has 0 radical (unpaired) electrons. The van der Waals surface area contributed by atoms with Gasteiger partial charge in [-0.1, -0.05) is 54.3 Å². The van der Waals surface area contributed by atoms with Gasteiger partial charge in [-0.25, -0.2) is 4.39 Å². The van der Waals surface area contributed by atoms with Crippen molar-refractivity contribution in [2.24, 2.45) is 0 Å². The Bertz CT molecular complexity index is 1010. The normalized spacial score (nSPS) is 10.7. The number of rotatable bonds is 9. The fraction of sp³-hybridized carbons (Fsp3) is 0.286. The number of aromatic nitrogens is 2. The number of nitrogens with one attached hydrogen (secondary N) is 1. The number of nitrogens with zero attached hydrogens (tertiary/aromatic N) is 3. The molecule has 0 aliphatic carbocycles. The summed E-state index contributed by atoms with van der Waals surface area (Å²) in [5, 5.41) is 12.3. The predicted molar refractivity (Wildman–Crippen MR) is 119 cm³/mol. The lowest BCUT2D eigenvalue weighted by Gasteiger charge is -2.17. The van der Waals surface area contributed by atoms with Gasteiger partial charge in [0.15, 0.2) is 15.9 Å². The van der Waals surface area contributed by atoms with Crippen LogP contribution in [0.25, 0.3) is 0 Å². The molecule has 1 amide bonds. The maximum Gasteiger partial charge on any atom is 0.233 e. The van der Waals surface area contributed by atoms with E-state index in [0.29, 0.717) is 21.6 Å². The van der Waals surface area contributed by atoms with Gasteiger partial charge in [0.05, 0.1) is 12.9 Å². The number of para-hydroxylation sites is 1. The summed E-state index contributed by atoms with van der Waals surface area (Å²) in [7, 11) is 3.11. The van der Waals surface area contributed by atoms with Gasteiger partial charge in [0.2, 0.25) is 11.0 Å². The van der Waals surface area contributed by atoms with Crippen LogP contribution in [0, 0.1) is 5.82 Å². The van der Waals surface area contributed by atoms with E-state index in [-0.39, 0.29) is 17.4 Å². The van der Waals surface area contributed by atoms with Crippen LogP contribution in [0.2, 0.25) is 0 Å². The van der Waals surface area contributed by atoms with Crippen molar-refractivity contribution in [3.8, 4) is 5.75 Å². The van der Waals surface area contributed by atoms with Gasteiger partial charge in [-0.15, -0.1) is 10.2 Å². The summed E-state index contributed by atoms with van der Waals surface area (Å²) in [6.45, 7) is 2.42. The molecule has 0 unspecified atom stereocenters. The molecule has 9 heteroatoms. The van der Waals surface area contributed by atoms with Crippen LogP contribution in [0.3, 0.4) is 0 Å². The highest BCUT2D eigenvalue weighted by Crippen LogP contribution is 2.29. The minimum absolute atomic E-state index is 0.0720. The molecule has 0 fully saturated rings. The van der Waals surface area contributed by atoms with Gasteiger partial charge in [0.1, 0.15) is 0 Å². The molecule has 0 aliphatic heterocycles. The summed E-state index contributed by atoms with van der Waals surface area (Å²) in [6.07, 6.45) is 0.919. The third-order valence-corrected chi connectivity index (χ3v) is 6.38. The molecule has 1 N–H and O–H groups in total. The topological polar surface area (TPSA) is 67.4 Å². The number of methoxy groups -OCH3 is 1. The zero-order valence-electron chi connectivity index (χ0n) is 17.0. The fourth-order valence-electron chi connectivity index (χ4n) is 2.79. The number of hydrogen-bond donors (Lipinski definition) is 1. The third kappa shape index (κ3) is 5.70. The second-order valence-electron chi connectivity index (χ2n) is 6.52. The van der Waals surface area contributed by atoms with Gasteiger partial charge >= 0.3 is 0 Å². The number of thioether (sulfide) groups is 1. The standard InChI is InChI=1S/C21H23FN4O2S2/c1-4-15-7-5-6-8-17(15)23-20-24-25-21(30-20)29-13-19(27)26(2)12-14-9-10-18(28-3)16(22)11-14/h5-11H,4,12-13H2,1-3H3,(H,23,24). The molecule has 30 heavy (non-hydrogen) atoms. The molecule has 1 heterocycles. The van der Waals surface area contributed by atoms with Crippen molar-refractivity contribution in [1.82, 2.24) is 15.1 Å². The minimum atomic E-state index is -0.441. The summed E-state index contributed by atoms with van der Waals surface area (Å²) in [6, 6.07) is 12.7. The Morgan fingerprint density at radius 1 is 1.27 bits per heavy atom. The Balaban J connectivity index is 1.53. The molecule has 3 rings (SSSR count). The molecule has 158 valence electrons. The first kappa shape index (κ1) is 22.0. The number of hydrogen-bond acceptors (Lipinski definition) is 7. The molecule has 0 atom stereocenters. The van der Waals surface area contributed by atoms with Crippen molar-refractivity contribution >= 4 is 39.8 Å². The van der Waals surface area contributed by atoms with E-state index in [4.69, 9.17) is 4.74 Å². The Labute approximate surface area is 183 Å². The van der Waals surface area contributed by atoms with E-state index >= 15 is 0 Å².